The minimum atomic E-state index is -0.673. The molecule has 0 bridgehead atoms. The summed E-state index contributed by atoms with van der Waals surface area (Å²) in [6, 6.07) is 10.5. The number of halogens is 2. The molecule has 0 atom stereocenters. The van der Waals surface area contributed by atoms with Gasteiger partial charge in [0.25, 0.3) is 0 Å². The van der Waals surface area contributed by atoms with Crippen molar-refractivity contribution < 1.29 is 13.5 Å². The first kappa shape index (κ1) is 15.9. The molecule has 2 aromatic carbocycles. The Morgan fingerprint density at radius 3 is 2.54 bits per heavy atom. The van der Waals surface area contributed by atoms with Crippen molar-refractivity contribution in [2.45, 2.75) is 20.0 Å². The second-order valence-electron chi connectivity index (χ2n) is 5.46. The average Bonchev–Trinajstić information content (AvgIpc) is 2.94. The third kappa shape index (κ3) is 3.87. The van der Waals surface area contributed by atoms with Crippen molar-refractivity contribution in [3.63, 3.8) is 0 Å². The Bertz CT molecular complexity index is 828. The summed E-state index contributed by atoms with van der Waals surface area (Å²) in [5.74, 6) is -0.315. The van der Waals surface area contributed by atoms with Gasteiger partial charge < -0.3 is 10.1 Å². The molecule has 3 aromatic rings. The number of aromatic nitrogens is 3. The van der Waals surface area contributed by atoms with E-state index >= 15 is 0 Å². The predicted octanol–water partition coefficient (Wildman–Crippen LogP) is 4.08. The average molecular weight is 330 g/mol. The Hall–Kier alpha value is -2.96. The third-order valence-corrected chi connectivity index (χ3v) is 3.07. The molecule has 0 radical (unpaired) electrons. The van der Waals surface area contributed by atoms with E-state index in [1.807, 2.05) is 38.1 Å². The van der Waals surface area contributed by atoms with Crippen LogP contribution in [-0.4, -0.2) is 20.9 Å². The van der Waals surface area contributed by atoms with E-state index < -0.39 is 11.6 Å². The Morgan fingerprint density at radius 2 is 1.83 bits per heavy atom. The molecular formula is C17H16F2N4O. The van der Waals surface area contributed by atoms with E-state index in [1.165, 1.54) is 23.1 Å². The molecule has 5 nitrogen and oxygen atoms in total. The molecule has 0 unspecified atom stereocenters. The zero-order chi connectivity index (χ0) is 17.1. The summed E-state index contributed by atoms with van der Waals surface area (Å²) < 4.78 is 33.5. The van der Waals surface area contributed by atoms with Crippen molar-refractivity contribution in [1.82, 2.24) is 14.8 Å². The first-order valence-electron chi connectivity index (χ1n) is 7.41. The van der Waals surface area contributed by atoms with Crippen molar-refractivity contribution in [1.29, 1.82) is 0 Å². The minimum absolute atomic E-state index is 0.0699. The molecule has 0 spiro atoms. The highest BCUT2D eigenvalue weighted by molar-refractivity contribution is 5.55. The van der Waals surface area contributed by atoms with Crippen molar-refractivity contribution in [2.75, 3.05) is 5.32 Å². The van der Waals surface area contributed by atoms with Gasteiger partial charge in [-0.25, -0.2) is 13.5 Å². The first-order valence-corrected chi connectivity index (χ1v) is 7.41. The number of benzene rings is 2. The smallest absolute Gasteiger partial charge is 0.246 e. The van der Waals surface area contributed by atoms with Crippen LogP contribution in [0.3, 0.4) is 0 Å². The van der Waals surface area contributed by atoms with E-state index in [0.717, 1.165) is 17.5 Å². The molecule has 0 aliphatic rings. The largest absolute Gasteiger partial charge is 0.491 e. The van der Waals surface area contributed by atoms with Gasteiger partial charge in [-0.05, 0) is 38.1 Å². The number of ether oxygens (including phenoxy) is 1. The Kier molecular flexibility index (Phi) is 4.41. The van der Waals surface area contributed by atoms with Gasteiger partial charge in [0, 0.05) is 17.8 Å². The number of nitrogens with zero attached hydrogens (tertiary/aromatic N) is 3. The maximum Gasteiger partial charge on any atom is 0.246 e. The number of hydrogen-bond donors (Lipinski definition) is 1. The minimum Gasteiger partial charge on any atom is -0.491 e. The molecule has 1 N–H and O–H groups in total. The zero-order valence-electron chi connectivity index (χ0n) is 13.2. The lowest BCUT2D eigenvalue weighted by Gasteiger charge is -2.10. The molecule has 3 rings (SSSR count). The van der Waals surface area contributed by atoms with Gasteiger partial charge in [-0.3, -0.25) is 0 Å². The van der Waals surface area contributed by atoms with Gasteiger partial charge in [0.15, 0.2) is 0 Å². The van der Waals surface area contributed by atoms with E-state index in [-0.39, 0.29) is 11.8 Å². The van der Waals surface area contributed by atoms with Gasteiger partial charge in [-0.15, -0.1) is 5.10 Å². The molecule has 0 amide bonds. The van der Waals surface area contributed by atoms with Gasteiger partial charge in [0.2, 0.25) is 5.95 Å². The fraction of sp³-hybridized carbons (Fsp3) is 0.176. The molecule has 0 saturated carbocycles. The first-order chi connectivity index (χ1) is 11.5. The molecule has 1 aromatic heterocycles. The van der Waals surface area contributed by atoms with E-state index in [9.17, 15) is 8.78 Å². The summed E-state index contributed by atoms with van der Waals surface area (Å²) in [5.41, 5.74) is 1.00. The summed E-state index contributed by atoms with van der Waals surface area (Å²) in [7, 11) is 0. The van der Waals surface area contributed by atoms with Crippen molar-refractivity contribution in [3.05, 3.63) is 60.4 Å². The van der Waals surface area contributed by atoms with Gasteiger partial charge in [-0.2, -0.15) is 4.98 Å². The molecule has 0 fully saturated rings. The van der Waals surface area contributed by atoms with E-state index in [1.54, 1.807) is 0 Å². The van der Waals surface area contributed by atoms with Crippen LogP contribution in [0.15, 0.2) is 48.8 Å². The summed E-state index contributed by atoms with van der Waals surface area (Å²) >= 11 is 0. The van der Waals surface area contributed by atoms with E-state index in [2.05, 4.69) is 15.4 Å². The SMILES string of the molecule is CC(C)Oc1cccc(Nc2ncn(-c3cc(F)cc(F)c3)n2)c1. The third-order valence-electron chi connectivity index (χ3n) is 3.07. The van der Waals surface area contributed by atoms with Crippen LogP contribution in [0.4, 0.5) is 20.4 Å². The highest BCUT2D eigenvalue weighted by Gasteiger charge is 2.07. The van der Waals surface area contributed by atoms with E-state index in [4.69, 9.17) is 4.74 Å². The van der Waals surface area contributed by atoms with Gasteiger partial charge in [0.1, 0.15) is 23.7 Å². The van der Waals surface area contributed by atoms with Crippen LogP contribution in [0, 0.1) is 11.6 Å². The van der Waals surface area contributed by atoms with Crippen LogP contribution in [0.5, 0.6) is 5.75 Å². The standard InChI is InChI=1S/C17H16F2N4O/c1-11(2)24-16-5-3-4-14(9-16)21-17-20-10-23(22-17)15-7-12(18)6-13(19)8-15/h3-11H,1-2H3,(H,21,22). The van der Waals surface area contributed by atoms with Crippen molar-refractivity contribution in [2.24, 2.45) is 0 Å². The molecule has 0 aliphatic heterocycles. The fourth-order valence-electron chi connectivity index (χ4n) is 2.16. The zero-order valence-corrected chi connectivity index (χ0v) is 13.2. The molecule has 1 heterocycles. The maximum atomic E-state index is 13.3. The van der Waals surface area contributed by atoms with Crippen molar-refractivity contribution in [3.8, 4) is 11.4 Å². The van der Waals surface area contributed by atoms with Gasteiger partial charge >= 0.3 is 0 Å². The monoisotopic (exact) mass is 330 g/mol. The number of anilines is 2. The summed E-state index contributed by atoms with van der Waals surface area (Å²) in [4.78, 5) is 4.09. The lowest BCUT2D eigenvalue weighted by molar-refractivity contribution is 0.242. The van der Waals surface area contributed by atoms with Crippen LogP contribution < -0.4 is 10.1 Å². The molecule has 7 heteroatoms. The predicted molar refractivity (Wildman–Crippen MR) is 86.8 cm³/mol. The fourth-order valence-corrected chi connectivity index (χ4v) is 2.16. The van der Waals surface area contributed by atoms with Gasteiger partial charge in [-0.1, -0.05) is 6.07 Å². The molecular weight excluding hydrogens is 314 g/mol. The van der Waals surface area contributed by atoms with Crippen LogP contribution in [0.1, 0.15) is 13.8 Å². The van der Waals surface area contributed by atoms with E-state index in [0.29, 0.717) is 5.95 Å². The van der Waals surface area contributed by atoms with Crippen molar-refractivity contribution >= 4 is 11.6 Å². The topological polar surface area (TPSA) is 52.0 Å². The van der Waals surface area contributed by atoms with Crippen LogP contribution in [-0.2, 0) is 0 Å². The molecule has 24 heavy (non-hydrogen) atoms. The number of hydrogen-bond acceptors (Lipinski definition) is 4. The Balaban J connectivity index is 1.79. The van der Waals surface area contributed by atoms with Crippen LogP contribution in [0.25, 0.3) is 5.69 Å². The lowest BCUT2D eigenvalue weighted by atomic mass is 10.3. The lowest BCUT2D eigenvalue weighted by Crippen LogP contribution is -2.05. The second-order valence-corrected chi connectivity index (χ2v) is 5.46. The second kappa shape index (κ2) is 6.66. The molecule has 0 saturated heterocycles. The Labute approximate surface area is 137 Å². The highest BCUT2D eigenvalue weighted by atomic mass is 19.1. The molecule has 0 aliphatic carbocycles. The quantitative estimate of drug-likeness (QED) is 0.766. The normalized spacial score (nSPS) is 10.9. The molecule has 124 valence electrons. The summed E-state index contributed by atoms with van der Waals surface area (Å²) in [6.45, 7) is 3.89. The number of nitrogens with one attached hydrogen (secondary N) is 1. The number of rotatable bonds is 5. The summed E-state index contributed by atoms with van der Waals surface area (Å²) in [5, 5.41) is 7.20. The van der Waals surface area contributed by atoms with Gasteiger partial charge in [0.05, 0.1) is 11.8 Å². The van der Waals surface area contributed by atoms with Crippen LogP contribution >= 0.6 is 0 Å². The summed E-state index contributed by atoms with van der Waals surface area (Å²) in [6.07, 6.45) is 1.45. The Morgan fingerprint density at radius 1 is 1.08 bits per heavy atom. The van der Waals surface area contributed by atoms with Crippen LogP contribution in [0.2, 0.25) is 0 Å². The highest BCUT2D eigenvalue weighted by Crippen LogP contribution is 2.21. The maximum absolute atomic E-state index is 13.3.